The van der Waals surface area contributed by atoms with Gasteiger partial charge in [-0.2, -0.15) is 4.40 Å². The molecular weight excluding hydrogens is 250 g/mol. The summed E-state index contributed by atoms with van der Waals surface area (Å²) in [6, 6.07) is 5.60. The van der Waals surface area contributed by atoms with Crippen molar-refractivity contribution in [3.05, 3.63) is 23.8 Å². The van der Waals surface area contributed by atoms with E-state index < -0.39 is 11.0 Å². The lowest BCUT2D eigenvalue weighted by molar-refractivity contribution is 0.174. The Morgan fingerprint density at radius 3 is 2.61 bits per heavy atom. The highest BCUT2D eigenvalue weighted by Crippen LogP contribution is 2.32. The Hall–Kier alpha value is -1.36. The molecule has 0 radical (unpaired) electrons. The Morgan fingerprint density at radius 2 is 1.94 bits per heavy atom. The van der Waals surface area contributed by atoms with E-state index in [-0.39, 0.29) is 11.5 Å². The predicted molar refractivity (Wildman–Crippen MR) is 72.7 cm³/mol. The van der Waals surface area contributed by atoms with Crippen LogP contribution in [0.15, 0.2) is 22.6 Å². The largest absolute Gasteiger partial charge is 0.454 e. The van der Waals surface area contributed by atoms with E-state index in [0.29, 0.717) is 5.75 Å². The van der Waals surface area contributed by atoms with Gasteiger partial charge in [0.25, 0.3) is 0 Å². The molecular formula is C13H17NO3S. The van der Waals surface area contributed by atoms with Gasteiger partial charge in [0.05, 0.1) is 10.5 Å². The minimum absolute atomic E-state index is 0.253. The van der Waals surface area contributed by atoms with E-state index in [2.05, 4.69) is 4.40 Å². The van der Waals surface area contributed by atoms with E-state index in [1.54, 1.807) is 0 Å². The van der Waals surface area contributed by atoms with Crippen molar-refractivity contribution in [3.8, 4) is 11.5 Å². The molecule has 0 aromatic heterocycles. The van der Waals surface area contributed by atoms with Gasteiger partial charge in [0.15, 0.2) is 11.5 Å². The maximum Gasteiger partial charge on any atom is 0.231 e. The number of hydrogen-bond acceptors (Lipinski definition) is 3. The Balaban J connectivity index is 2.27. The summed E-state index contributed by atoms with van der Waals surface area (Å²) >= 11 is 0. The van der Waals surface area contributed by atoms with Gasteiger partial charge in [-0.1, -0.05) is 0 Å². The zero-order valence-electron chi connectivity index (χ0n) is 11.0. The van der Waals surface area contributed by atoms with Crippen LogP contribution in [0.4, 0.5) is 0 Å². The molecule has 1 heterocycles. The van der Waals surface area contributed by atoms with Gasteiger partial charge < -0.3 is 9.47 Å². The van der Waals surface area contributed by atoms with Gasteiger partial charge in [-0.25, -0.2) is 4.21 Å². The zero-order valence-corrected chi connectivity index (χ0v) is 11.8. The van der Waals surface area contributed by atoms with Crippen molar-refractivity contribution in [1.82, 2.24) is 0 Å². The molecule has 0 fully saturated rings. The standard InChI is InChI=1S/C13H17NO3S/c1-9(14-18(15)13(2,3)4)10-5-6-11-12(7-10)17-8-16-11/h5-7H,8H2,1-4H3/b14-9+/t18-/m0/s1. The van der Waals surface area contributed by atoms with Gasteiger partial charge in [0, 0.05) is 5.56 Å². The lowest BCUT2D eigenvalue weighted by Gasteiger charge is -2.14. The van der Waals surface area contributed by atoms with Crippen molar-refractivity contribution in [2.45, 2.75) is 32.4 Å². The summed E-state index contributed by atoms with van der Waals surface area (Å²) in [5, 5.41) is 0. The third-order valence-electron chi connectivity index (χ3n) is 2.53. The van der Waals surface area contributed by atoms with Crippen LogP contribution < -0.4 is 9.47 Å². The van der Waals surface area contributed by atoms with Crippen LogP contribution in [0.1, 0.15) is 33.3 Å². The first-order valence-corrected chi connectivity index (χ1v) is 6.86. The molecule has 1 aromatic rings. The Labute approximate surface area is 110 Å². The number of rotatable bonds is 2. The van der Waals surface area contributed by atoms with Crippen LogP contribution in [0.3, 0.4) is 0 Å². The van der Waals surface area contributed by atoms with Crippen LogP contribution in [0.5, 0.6) is 11.5 Å². The third-order valence-corrected chi connectivity index (χ3v) is 4.02. The van der Waals surface area contributed by atoms with Crippen LogP contribution in [0, 0.1) is 0 Å². The van der Waals surface area contributed by atoms with Crippen molar-refractivity contribution in [3.63, 3.8) is 0 Å². The fourth-order valence-corrected chi connectivity index (χ4v) is 2.06. The molecule has 0 spiro atoms. The molecule has 1 aromatic carbocycles. The maximum atomic E-state index is 11.9. The number of benzene rings is 1. The third kappa shape index (κ3) is 2.72. The van der Waals surface area contributed by atoms with E-state index in [1.807, 2.05) is 45.9 Å². The van der Waals surface area contributed by atoms with Gasteiger partial charge in [0.2, 0.25) is 6.79 Å². The van der Waals surface area contributed by atoms with E-state index >= 15 is 0 Å². The molecule has 1 atom stereocenters. The van der Waals surface area contributed by atoms with Gasteiger partial charge in [0.1, 0.15) is 11.0 Å². The van der Waals surface area contributed by atoms with Crippen molar-refractivity contribution < 1.29 is 13.7 Å². The van der Waals surface area contributed by atoms with Crippen LogP contribution in [0.2, 0.25) is 0 Å². The van der Waals surface area contributed by atoms with Gasteiger partial charge in [-0.15, -0.1) is 0 Å². The SMILES string of the molecule is C/C(=N\[S@@](=O)C(C)(C)C)c1ccc2c(c1)OCO2. The summed E-state index contributed by atoms with van der Waals surface area (Å²) in [5.41, 5.74) is 1.64. The molecule has 0 bridgehead atoms. The smallest absolute Gasteiger partial charge is 0.231 e. The molecule has 0 N–H and O–H groups in total. The van der Waals surface area contributed by atoms with Gasteiger partial charge >= 0.3 is 0 Å². The Morgan fingerprint density at radius 1 is 1.28 bits per heavy atom. The molecule has 2 rings (SSSR count). The van der Waals surface area contributed by atoms with E-state index in [9.17, 15) is 4.21 Å². The molecule has 0 unspecified atom stereocenters. The van der Waals surface area contributed by atoms with Gasteiger partial charge in [-0.3, -0.25) is 0 Å². The topological polar surface area (TPSA) is 47.9 Å². The molecule has 5 heteroatoms. The molecule has 1 aliphatic rings. The second-order valence-corrected chi connectivity index (χ2v) is 7.01. The molecule has 98 valence electrons. The van der Waals surface area contributed by atoms with Crippen molar-refractivity contribution in [2.75, 3.05) is 6.79 Å². The van der Waals surface area contributed by atoms with Crippen LogP contribution in [0.25, 0.3) is 0 Å². The lowest BCUT2D eigenvalue weighted by atomic mass is 10.1. The molecule has 0 aliphatic carbocycles. The predicted octanol–water partition coefficient (Wildman–Crippen LogP) is 2.69. The average Bonchev–Trinajstić information content (AvgIpc) is 2.74. The van der Waals surface area contributed by atoms with Crippen molar-refractivity contribution >= 4 is 16.7 Å². The molecule has 1 aliphatic heterocycles. The monoisotopic (exact) mass is 267 g/mol. The van der Waals surface area contributed by atoms with E-state index in [4.69, 9.17) is 9.47 Å². The summed E-state index contributed by atoms with van der Waals surface area (Å²) in [6.07, 6.45) is 0. The van der Waals surface area contributed by atoms with Crippen LogP contribution >= 0.6 is 0 Å². The number of ether oxygens (including phenoxy) is 2. The second-order valence-electron chi connectivity index (χ2n) is 5.11. The number of fused-ring (bicyclic) bond motifs is 1. The average molecular weight is 267 g/mol. The Bertz CT molecular complexity index is 517. The van der Waals surface area contributed by atoms with E-state index in [1.165, 1.54) is 0 Å². The van der Waals surface area contributed by atoms with E-state index in [0.717, 1.165) is 17.0 Å². The fourth-order valence-electron chi connectivity index (χ4n) is 1.44. The van der Waals surface area contributed by atoms with Crippen LogP contribution in [-0.4, -0.2) is 21.5 Å². The summed E-state index contributed by atoms with van der Waals surface area (Å²) in [7, 11) is -1.25. The quantitative estimate of drug-likeness (QED) is 0.774. The highest BCUT2D eigenvalue weighted by Gasteiger charge is 2.20. The summed E-state index contributed by atoms with van der Waals surface area (Å²) < 4.78 is 26.4. The Kier molecular flexibility index (Phi) is 3.43. The number of nitrogens with zero attached hydrogens (tertiary/aromatic N) is 1. The highest BCUT2D eigenvalue weighted by atomic mass is 32.2. The zero-order chi connectivity index (χ0) is 13.3. The first kappa shape index (κ1) is 13.1. The summed E-state index contributed by atoms with van der Waals surface area (Å²) in [5.74, 6) is 1.45. The second kappa shape index (κ2) is 4.72. The van der Waals surface area contributed by atoms with Crippen LogP contribution in [-0.2, 0) is 11.0 Å². The first-order valence-electron chi connectivity index (χ1n) is 5.75. The molecule has 18 heavy (non-hydrogen) atoms. The molecule has 0 amide bonds. The lowest BCUT2D eigenvalue weighted by Crippen LogP contribution is -2.20. The molecule has 4 nitrogen and oxygen atoms in total. The highest BCUT2D eigenvalue weighted by molar-refractivity contribution is 7.85. The fraction of sp³-hybridized carbons (Fsp3) is 0.462. The number of hydrogen-bond donors (Lipinski definition) is 0. The minimum Gasteiger partial charge on any atom is -0.454 e. The van der Waals surface area contributed by atoms with Crippen molar-refractivity contribution in [1.29, 1.82) is 0 Å². The summed E-state index contributed by atoms with van der Waals surface area (Å²) in [4.78, 5) is 0. The molecule has 0 saturated carbocycles. The summed E-state index contributed by atoms with van der Waals surface area (Å²) in [6.45, 7) is 7.81. The molecule has 0 saturated heterocycles. The maximum absolute atomic E-state index is 11.9. The van der Waals surface area contributed by atoms with Gasteiger partial charge in [-0.05, 0) is 45.9 Å². The normalized spacial score (nSPS) is 16.8. The minimum atomic E-state index is -1.25. The first-order chi connectivity index (χ1) is 8.38. The van der Waals surface area contributed by atoms with Crippen molar-refractivity contribution in [2.24, 2.45) is 4.40 Å².